The van der Waals surface area contributed by atoms with Crippen molar-refractivity contribution in [3.63, 3.8) is 0 Å². The summed E-state index contributed by atoms with van der Waals surface area (Å²) < 4.78 is 28.5. The Morgan fingerprint density at radius 3 is 2.58 bits per heavy atom. The third kappa shape index (κ3) is 3.03. The minimum absolute atomic E-state index is 0.187. The van der Waals surface area contributed by atoms with Crippen LogP contribution in [0.5, 0.6) is 0 Å². The Hall–Kier alpha value is -3.59. The summed E-state index contributed by atoms with van der Waals surface area (Å²) in [7, 11) is 0. The molecule has 0 spiro atoms. The first kappa shape index (κ1) is 17.2. The molecule has 0 saturated carbocycles. The molecule has 3 rings (SSSR count). The fourth-order valence-corrected chi connectivity index (χ4v) is 2.76. The van der Waals surface area contributed by atoms with Crippen LogP contribution in [0.3, 0.4) is 0 Å². The Morgan fingerprint density at radius 2 is 1.92 bits per heavy atom. The number of aryl methyl sites for hydroxylation is 1. The summed E-state index contributed by atoms with van der Waals surface area (Å²) in [6, 6.07) is 8.18. The molecule has 3 aromatic rings. The summed E-state index contributed by atoms with van der Waals surface area (Å²) in [4.78, 5) is 16.5. The number of pyridine rings is 1. The van der Waals surface area contributed by atoms with Crippen molar-refractivity contribution in [3.05, 3.63) is 65.4 Å². The molecule has 0 aliphatic rings. The number of benzene rings is 2. The molecule has 0 unspecified atom stereocenters. The van der Waals surface area contributed by atoms with Crippen molar-refractivity contribution in [3.8, 4) is 23.5 Å². The van der Waals surface area contributed by atoms with Crippen LogP contribution < -0.4 is 5.32 Å². The zero-order valence-corrected chi connectivity index (χ0v) is 13.7. The summed E-state index contributed by atoms with van der Waals surface area (Å²) in [6.45, 7) is 1.74. The molecule has 0 bridgehead atoms. The van der Waals surface area contributed by atoms with E-state index in [4.69, 9.17) is 11.8 Å². The van der Waals surface area contributed by atoms with Crippen LogP contribution in [0.4, 0.5) is 8.78 Å². The van der Waals surface area contributed by atoms with E-state index in [9.17, 15) is 13.6 Å². The van der Waals surface area contributed by atoms with Crippen LogP contribution in [-0.2, 0) is 0 Å². The van der Waals surface area contributed by atoms with E-state index in [-0.39, 0.29) is 22.5 Å². The van der Waals surface area contributed by atoms with E-state index in [1.165, 1.54) is 36.5 Å². The first-order valence-corrected chi connectivity index (χ1v) is 7.62. The van der Waals surface area contributed by atoms with Crippen LogP contribution in [0, 0.1) is 36.3 Å². The van der Waals surface area contributed by atoms with Gasteiger partial charge >= 0.3 is 0 Å². The second kappa shape index (κ2) is 6.73. The van der Waals surface area contributed by atoms with Gasteiger partial charge in [0.1, 0.15) is 11.6 Å². The largest absolute Gasteiger partial charge is 0.300 e. The highest BCUT2D eigenvalue weighted by Crippen LogP contribution is 2.33. The van der Waals surface area contributed by atoms with E-state index in [2.05, 4.69) is 10.3 Å². The Morgan fingerprint density at radius 1 is 1.23 bits per heavy atom. The van der Waals surface area contributed by atoms with E-state index in [0.717, 1.165) is 0 Å². The molecule has 0 aliphatic heterocycles. The van der Waals surface area contributed by atoms with Gasteiger partial charge in [0.2, 0.25) is 0 Å². The molecule has 2 N–H and O–H groups in total. The number of carbonyl (C=O) groups is 1. The van der Waals surface area contributed by atoms with Gasteiger partial charge in [-0.25, -0.2) is 8.78 Å². The quantitative estimate of drug-likeness (QED) is 0.419. The average molecular weight is 349 g/mol. The predicted octanol–water partition coefficient (Wildman–Crippen LogP) is 3.83. The molecule has 4 nitrogen and oxygen atoms in total. The Labute approximate surface area is 148 Å². The third-order valence-electron chi connectivity index (χ3n) is 3.91. The van der Waals surface area contributed by atoms with E-state index in [1.54, 1.807) is 13.0 Å². The van der Waals surface area contributed by atoms with Gasteiger partial charge in [0.05, 0.1) is 11.1 Å². The van der Waals surface area contributed by atoms with Crippen molar-refractivity contribution in [2.75, 3.05) is 0 Å². The molecule has 0 aliphatic carbocycles. The van der Waals surface area contributed by atoms with Gasteiger partial charge in [0.15, 0.2) is 5.84 Å². The predicted molar refractivity (Wildman–Crippen MR) is 95.9 cm³/mol. The second-order valence-electron chi connectivity index (χ2n) is 5.62. The fourth-order valence-electron chi connectivity index (χ4n) is 2.76. The molecule has 1 amide bonds. The number of terminal acetylenes is 1. The zero-order chi connectivity index (χ0) is 18.8. The standard InChI is InChI=1S/C20H13F2N3O/c1-3-17(23)25-20(26)12-9-11(2)19-14(10-12)13(7-8-24-19)18-15(21)5-4-6-16(18)22/h1,4-10H,2H3,(H2,23,25,26). The molecular formula is C20H13F2N3O. The fraction of sp³-hybridized carbons (Fsp3) is 0.0500. The van der Waals surface area contributed by atoms with Crippen molar-refractivity contribution >= 4 is 22.6 Å². The zero-order valence-electron chi connectivity index (χ0n) is 13.7. The van der Waals surface area contributed by atoms with Crippen molar-refractivity contribution < 1.29 is 13.6 Å². The van der Waals surface area contributed by atoms with Crippen LogP contribution in [0.15, 0.2) is 42.6 Å². The molecule has 1 aromatic heterocycles. The minimum atomic E-state index is -0.709. The number of carbonyl (C=O) groups excluding carboxylic acids is 1. The van der Waals surface area contributed by atoms with Crippen molar-refractivity contribution in [2.24, 2.45) is 0 Å². The molecule has 128 valence electrons. The van der Waals surface area contributed by atoms with Gasteiger partial charge in [-0.2, -0.15) is 0 Å². The summed E-state index contributed by atoms with van der Waals surface area (Å²) in [5.74, 6) is -0.366. The van der Waals surface area contributed by atoms with E-state index in [1.807, 2.05) is 5.92 Å². The normalized spacial score (nSPS) is 10.4. The number of amides is 1. The lowest BCUT2D eigenvalue weighted by Gasteiger charge is -2.12. The Bertz CT molecular complexity index is 1080. The summed E-state index contributed by atoms with van der Waals surface area (Å²) in [6.07, 6.45) is 6.53. The highest BCUT2D eigenvalue weighted by atomic mass is 19.1. The summed E-state index contributed by atoms with van der Waals surface area (Å²) >= 11 is 0. The molecule has 0 fully saturated rings. The van der Waals surface area contributed by atoms with Crippen LogP contribution >= 0.6 is 0 Å². The maximum atomic E-state index is 14.3. The number of amidine groups is 1. The number of aromatic nitrogens is 1. The van der Waals surface area contributed by atoms with Crippen molar-refractivity contribution in [1.82, 2.24) is 10.3 Å². The molecule has 6 heteroatoms. The van der Waals surface area contributed by atoms with Crippen LogP contribution in [0.25, 0.3) is 22.0 Å². The van der Waals surface area contributed by atoms with Crippen molar-refractivity contribution in [2.45, 2.75) is 6.92 Å². The number of nitrogens with one attached hydrogen (secondary N) is 2. The molecular weight excluding hydrogens is 336 g/mol. The molecule has 0 saturated heterocycles. The van der Waals surface area contributed by atoms with Crippen molar-refractivity contribution in [1.29, 1.82) is 5.41 Å². The molecule has 0 radical (unpaired) electrons. The maximum Gasteiger partial charge on any atom is 0.257 e. The summed E-state index contributed by atoms with van der Waals surface area (Å²) in [5.41, 5.74) is 1.48. The second-order valence-corrected chi connectivity index (χ2v) is 5.62. The van der Waals surface area contributed by atoms with Gasteiger partial charge in [-0.3, -0.25) is 20.5 Å². The van der Waals surface area contributed by atoms with Gasteiger partial charge in [0, 0.05) is 17.1 Å². The molecule has 26 heavy (non-hydrogen) atoms. The Balaban J connectivity index is 2.25. The lowest BCUT2D eigenvalue weighted by atomic mass is 9.96. The Kier molecular flexibility index (Phi) is 4.46. The lowest BCUT2D eigenvalue weighted by molar-refractivity contribution is 0.0977. The van der Waals surface area contributed by atoms with E-state index < -0.39 is 17.5 Å². The highest BCUT2D eigenvalue weighted by molar-refractivity contribution is 6.12. The van der Waals surface area contributed by atoms with Crippen LogP contribution in [0.2, 0.25) is 0 Å². The molecule has 2 aromatic carbocycles. The number of hydrogen-bond acceptors (Lipinski definition) is 3. The number of fused-ring (bicyclic) bond motifs is 1. The van der Waals surface area contributed by atoms with Gasteiger partial charge < -0.3 is 0 Å². The lowest BCUT2D eigenvalue weighted by Crippen LogP contribution is -2.28. The highest BCUT2D eigenvalue weighted by Gasteiger charge is 2.17. The van der Waals surface area contributed by atoms with Gasteiger partial charge in [-0.05, 0) is 54.3 Å². The first-order chi connectivity index (χ1) is 12.4. The monoisotopic (exact) mass is 349 g/mol. The van der Waals surface area contributed by atoms with E-state index in [0.29, 0.717) is 16.5 Å². The molecule has 0 atom stereocenters. The van der Waals surface area contributed by atoms with E-state index >= 15 is 0 Å². The number of rotatable bonds is 2. The minimum Gasteiger partial charge on any atom is -0.300 e. The van der Waals surface area contributed by atoms with Crippen LogP contribution in [-0.4, -0.2) is 16.7 Å². The first-order valence-electron chi connectivity index (χ1n) is 7.62. The SMILES string of the molecule is C#CC(=N)NC(=O)c1cc(C)c2nccc(-c3c(F)cccc3F)c2c1. The topological polar surface area (TPSA) is 65.8 Å². The van der Waals surface area contributed by atoms with Gasteiger partial charge in [0.25, 0.3) is 5.91 Å². The van der Waals surface area contributed by atoms with Gasteiger partial charge in [-0.15, -0.1) is 6.42 Å². The number of halogens is 2. The molecule has 1 heterocycles. The smallest absolute Gasteiger partial charge is 0.257 e. The van der Waals surface area contributed by atoms with Crippen LogP contribution in [0.1, 0.15) is 15.9 Å². The van der Waals surface area contributed by atoms with Gasteiger partial charge in [-0.1, -0.05) is 6.07 Å². The third-order valence-corrected chi connectivity index (χ3v) is 3.91. The average Bonchev–Trinajstić information content (AvgIpc) is 2.61. The maximum absolute atomic E-state index is 14.3. The number of nitrogens with zero attached hydrogens (tertiary/aromatic N) is 1. The summed E-state index contributed by atoms with van der Waals surface area (Å²) in [5, 5.41) is 10.1. The number of hydrogen-bond donors (Lipinski definition) is 2.